The van der Waals surface area contributed by atoms with E-state index in [-0.39, 0.29) is 23.7 Å². The number of imidazole rings is 1. The van der Waals surface area contributed by atoms with Crippen LogP contribution in [0.25, 0.3) is 11.3 Å². The molecule has 33 heavy (non-hydrogen) atoms. The molecule has 0 N–H and O–H groups in total. The molecule has 2 fully saturated rings. The Kier molecular flexibility index (Phi) is 6.53. The van der Waals surface area contributed by atoms with E-state index >= 15 is 0 Å². The van der Waals surface area contributed by atoms with Crippen LogP contribution in [-0.2, 0) is 22.5 Å². The Bertz CT molecular complexity index is 1090. The molecule has 1 amide bonds. The van der Waals surface area contributed by atoms with Gasteiger partial charge >= 0.3 is 0 Å². The van der Waals surface area contributed by atoms with Gasteiger partial charge in [-0.15, -0.1) is 0 Å². The van der Waals surface area contributed by atoms with E-state index in [2.05, 4.69) is 38.7 Å². The van der Waals surface area contributed by atoms with Crippen molar-refractivity contribution in [2.75, 3.05) is 19.8 Å². The normalized spacial score (nSPS) is 19.2. The van der Waals surface area contributed by atoms with Crippen molar-refractivity contribution < 1.29 is 13.9 Å². The van der Waals surface area contributed by atoms with Gasteiger partial charge in [0.1, 0.15) is 5.82 Å². The molecule has 1 unspecified atom stereocenters. The van der Waals surface area contributed by atoms with Gasteiger partial charge in [-0.3, -0.25) is 4.79 Å². The second kappa shape index (κ2) is 9.87. The van der Waals surface area contributed by atoms with Crippen LogP contribution < -0.4 is 0 Å². The lowest BCUT2D eigenvalue weighted by Crippen LogP contribution is -2.38. The molecular formula is C27H30FN3O2. The number of hydrogen-bond acceptors (Lipinski definition) is 3. The summed E-state index contributed by atoms with van der Waals surface area (Å²) in [6, 6.07) is 15.2. The van der Waals surface area contributed by atoms with Gasteiger partial charge in [-0.2, -0.15) is 0 Å². The fourth-order valence-corrected chi connectivity index (χ4v) is 5.18. The standard InChI is InChI=1S/C27H30FN3O2/c28-22-9-7-20(8-10-22)11-15-30-19-29-18-26(30)24-5-2-1-4-23(24)25-6-3-14-31(25)27(32)21-12-16-33-17-13-21/h1-2,4-5,7-10,18-19,21,25H,3,6,11-17H2. The van der Waals surface area contributed by atoms with Crippen LogP contribution in [0.15, 0.2) is 61.1 Å². The minimum absolute atomic E-state index is 0.0766. The molecule has 2 aliphatic rings. The average molecular weight is 448 g/mol. The van der Waals surface area contributed by atoms with Crippen molar-refractivity contribution in [3.8, 4) is 11.3 Å². The number of carbonyl (C=O) groups excluding carboxylic acids is 1. The average Bonchev–Trinajstić information content (AvgIpc) is 3.54. The highest BCUT2D eigenvalue weighted by Gasteiger charge is 2.35. The Hall–Kier alpha value is -2.99. The van der Waals surface area contributed by atoms with Crippen LogP contribution in [0.1, 0.15) is 42.9 Å². The van der Waals surface area contributed by atoms with Crippen molar-refractivity contribution in [1.82, 2.24) is 14.5 Å². The van der Waals surface area contributed by atoms with Crippen LogP contribution in [0.2, 0.25) is 0 Å². The maximum atomic E-state index is 13.4. The van der Waals surface area contributed by atoms with Crippen molar-refractivity contribution in [3.05, 3.63) is 78.0 Å². The zero-order valence-electron chi connectivity index (χ0n) is 18.8. The molecule has 0 aliphatic carbocycles. The van der Waals surface area contributed by atoms with Crippen molar-refractivity contribution in [1.29, 1.82) is 0 Å². The Morgan fingerprint density at radius 2 is 1.85 bits per heavy atom. The number of likely N-dealkylation sites (tertiary alicyclic amines) is 1. The second-order valence-corrected chi connectivity index (χ2v) is 9.01. The molecule has 3 heterocycles. The largest absolute Gasteiger partial charge is 0.381 e. The van der Waals surface area contributed by atoms with Crippen LogP contribution in [0, 0.1) is 11.7 Å². The number of ether oxygens (including phenoxy) is 1. The number of aromatic nitrogens is 2. The SMILES string of the molecule is O=C(C1CCOCC1)N1CCCC1c1ccccc1-c1cncn1CCc1ccc(F)cc1. The number of carbonyl (C=O) groups is 1. The van der Waals surface area contributed by atoms with Gasteiger partial charge in [-0.05, 0) is 55.4 Å². The minimum atomic E-state index is -0.215. The summed E-state index contributed by atoms with van der Waals surface area (Å²) in [5.74, 6) is 0.139. The smallest absolute Gasteiger partial charge is 0.226 e. The molecule has 2 aliphatic heterocycles. The summed E-state index contributed by atoms with van der Waals surface area (Å²) >= 11 is 0. The van der Waals surface area contributed by atoms with E-state index in [4.69, 9.17) is 4.74 Å². The van der Waals surface area contributed by atoms with Crippen molar-refractivity contribution in [2.45, 2.75) is 44.7 Å². The molecule has 0 spiro atoms. The summed E-state index contributed by atoms with van der Waals surface area (Å²) in [5, 5.41) is 0. The van der Waals surface area contributed by atoms with Gasteiger partial charge in [0.2, 0.25) is 5.91 Å². The third-order valence-electron chi connectivity index (χ3n) is 6.97. The molecule has 5 nitrogen and oxygen atoms in total. The summed E-state index contributed by atoms with van der Waals surface area (Å²) in [5.41, 5.74) is 4.47. The summed E-state index contributed by atoms with van der Waals surface area (Å²) in [6.07, 6.45) is 8.20. The Morgan fingerprint density at radius 1 is 1.06 bits per heavy atom. The fourth-order valence-electron chi connectivity index (χ4n) is 5.18. The van der Waals surface area contributed by atoms with Crippen LogP contribution in [0.4, 0.5) is 4.39 Å². The topological polar surface area (TPSA) is 47.4 Å². The summed E-state index contributed by atoms with van der Waals surface area (Å²) in [6.45, 7) is 2.93. The molecule has 0 bridgehead atoms. The molecule has 6 heteroatoms. The number of aryl methyl sites for hydroxylation is 2. The Balaban J connectivity index is 1.39. The lowest BCUT2D eigenvalue weighted by molar-refractivity contribution is -0.139. The Morgan fingerprint density at radius 3 is 2.67 bits per heavy atom. The first-order chi connectivity index (χ1) is 16.2. The molecule has 172 valence electrons. The Labute approximate surface area is 194 Å². The van der Waals surface area contributed by atoms with Gasteiger partial charge in [0.05, 0.1) is 24.3 Å². The highest BCUT2D eigenvalue weighted by molar-refractivity contribution is 5.80. The highest BCUT2D eigenvalue weighted by atomic mass is 19.1. The molecular weight excluding hydrogens is 417 g/mol. The van der Waals surface area contributed by atoms with Crippen LogP contribution in [0.5, 0.6) is 0 Å². The number of nitrogens with zero attached hydrogens (tertiary/aromatic N) is 3. The molecule has 1 aromatic heterocycles. The van der Waals surface area contributed by atoms with Crippen LogP contribution >= 0.6 is 0 Å². The van der Waals surface area contributed by atoms with E-state index in [1.807, 2.05) is 24.7 Å². The van der Waals surface area contributed by atoms with Gasteiger partial charge in [-0.25, -0.2) is 9.37 Å². The number of benzene rings is 2. The number of rotatable bonds is 6. The van der Waals surface area contributed by atoms with E-state index < -0.39 is 0 Å². The number of hydrogen-bond donors (Lipinski definition) is 0. The number of halogens is 1. The van der Waals surface area contributed by atoms with E-state index in [0.29, 0.717) is 13.2 Å². The quantitative estimate of drug-likeness (QED) is 0.533. The molecule has 0 radical (unpaired) electrons. The van der Waals surface area contributed by atoms with Gasteiger partial charge in [0.15, 0.2) is 0 Å². The van der Waals surface area contributed by atoms with E-state index in [0.717, 1.165) is 62.0 Å². The first-order valence-corrected chi connectivity index (χ1v) is 11.9. The van der Waals surface area contributed by atoms with Crippen LogP contribution in [-0.4, -0.2) is 40.1 Å². The van der Waals surface area contributed by atoms with Crippen LogP contribution in [0.3, 0.4) is 0 Å². The lowest BCUT2D eigenvalue weighted by atomic mass is 9.94. The van der Waals surface area contributed by atoms with E-state index in [1.54, 1.807) is 0 Å². The molecule has 2 aromatic carbocycles. The fraction of sp³-hybridized carbons (Fsp3) is 0.407. The van der Waals surface area contributed by atoms with Gasteiger partial charge < -0.3 is 14.2 Å². The predicted molar refractivity (Wildman–Crippen MR) is 125 cm³/mol. The molecule has 2 saturated heterocycles. The third kappa shape index (κ3) is 4.71. The monoisotopic (exact) mass is 447 g/mol. The molecule has 0 saturated carbocycles. The minimum Gasteiger partial charge on any atom is -0.381 e. The molecule has 5 rings (SSSR count). The summed E-state index contributed by atoms with van der Waals surface area (Å²) in [7, 11) is 0. The number of amides is 1. The van der Waals surface area contributed by atoms with Gasteiger partial charge in [-0.1, -0.05) is 36.4 Å². The lowest BCUT2D eigenvalue weighted by Gasteiger charge is -2.31. The molecule has 3 aromatic rings. The zero-order valence-corrected chi connectivity index (χ0v) is 18.8. The van der Waals surface area contributed by atoms with Crippen molar-refractivity contribution in [2.24, 2.45) is 5.92 Å². The maximum absolute atomic E-state index is 13.4. The summed E-state index contributed by atoms with van der Waals surface area (Å²) in [4.78, 5) is 19.9. The maximum Gasteiger partial charge on any atom is 0.226 e. The first kappa shape index (κ1) is 21.8. The predicted octanol–water partition coefficient (Wildman–Crippen LogP) is 5.02. The molecule has 1 atom stereocenters. The van der Waals surface area contributed by atoms with Gasteiger partial charge in [0, 0.05) is 37.8 Å². The summed E-state index contributed by atoms with van der Waals surface area (Å²) < 4.78 is 20.9. The van der Waals surface area contributed by atoms with E-state index in [1.165, 1.54) is 17.7 Å². The first-order valence-electron chi connectivity index (χ1n) is 11.9. The van der Waals surface area contributed by atoms with Crippen molar-refractivity contribution in [3.63, 3.8) is 0 Å². The van der Waals surface area contributed by atoms with E-state index in [9.17, 15) is 9.18 Å². The highest BCUT2D eigenvalue weighted by Crippen LogP contribution is 2.39. The second-order valence-electron chi connectivity index (χ2n) is 9.01. The van der Waals surface area contributed by atoms with Crippen molar-refractivity contribution >= 4 is 5.91 Å². The van der Waals surface area contributed by atoms with Gasteiger partial charge in [0.25, 0.3) is 0 Å². The zero-order chi connectivity index (χ0) is 22.6. The third-order valence-corrected chi connectivity index (χ3v) is 6.97.